The van der Waals surface area contributed by atoms with Gasteiger partial charge < -0.3 is 24.5 Å². The molecule has 2 N–H and O–H groups in total. The number of piperidine rings is 1. The van der Waals surface area contributed by atoms with Gasteiger partial charge in [0.2, 0.25) is 0 Å². The number of aryl methyl sites for hydroxylation is 1. The van der Waals surface area contributed by atoms with Crippen molar-refractivity contribution in [3.05, 3.63) is 34.4 Å². The minimum Gasteiger partial charge on any atom is -0.444 e. The number of likely N-dealkylation sites (tertiary alicyclic amines) is 1. The summed E-state index contributed by atoms with van der Waals surface area (Å²) < 4.78 is 7.09. The summed E-state index contributed by atoms with van der Waals surface area (Å²) in [7, 11) is 1.77. The van der Waals surface area contributed by atoms with E-state index >= 15 is 0 Å². The van der Waals surface area contributed by atoms with Crippen LogP contribution in [0.3, 0.4) is 0 Å². The summed E-state index contributed by atoms with van der Waals surface area (Å²) in [4.78, 5) is 41.1. The Hall–Kier alpha value is -2.77. The number of fused-ring (bicyclic) bond motifs is 1. The van der Waals surface area contributed by atoms with E-state index in [1.807, 2.05) is 20.8 Å². The zero-order valence-corrected chi connectivity index (χ0v) is 16.2. The number of aromatic amines is 1. The van der Waals surface area contributed by atoms with E-state index in [1.54, 1.807) is 28.8 Å². The third-order valence-corrected chi connectivity index (χ3v) is 4.65. The first-order chi connectivity index (χ1) is 12.7. The monoisotopic (exact) mass is 374 g/mol. The number of hydrogen-bond acceptors (Lipinski definition) is 4. The van der Waals surface area contributed by atoms with Crippen LogP contribution in [0.2, 0.25) is 0 Å². The molecule has 2 aromatic heterocycles. The molecule has 3 heterocycles. The number of rotatable bonds is 2. The van der Waals surface area contributed by atoms with E-state index in [4.69, 9.17) is 4.74 Å². The molecule has 1 saturated heterocycles. The van der Waals surface area contributed by atoms with Gasteiger partial charge in [0.15, 0.2) is 0 Å². The number of ether oxygens (including phenoxy) is 1. The van der Waals surface area contributed by atoms with Crippen molar-refractivity contribution in [3.8, 4) is 0 Å². The first-order valence-corrected chi connectivity index (χ1v) is 9.11. The van der Waals surface area contributed by atoms with Crippen molar-refractivity contribution < 1.29 is 14.3 Å². The molecule has 0 bridgehead atoms. The summed E-state index contributed by atoms with van der Waals surface area (Å²) in [6, 6.07) is 1.74. The molecule has 0 aromatic carbocycles. The van der Waals surface area contributed by atoms with Crippen molar-refractivity contribution in [1.29, 1.82) is 0 Å². The summed E-state index contributed by atoms with van der Waals surface area (Å²) in [6.45, 7) is 6.59. The molecule has 0 unspecified atom stereocenters. The predicted molar refractivity (Wildman–Crippen MR) is 102 cm³/mol. The van der Waals surface area contributed by atoms with E-state index in [9.17, 15) is 14.4 Å². The largest absolute Gasteiger partial charge is 0.444 e. The Balaban J connectivity index is 1.63. The van der Waals surface area contributed by atoms with Gasteiger partial charge in [0.25, 0.3) is 11.5 Å². The van der Waals surface area contributed by atoms with E-state index in [1.165, 1.54) is 6.20 Å². The van der Waals surface area contributed by atoms with E-state index in [-0.39, 0.29) is 23.6 Å². The van der Waals surface area contributed by atoms with Crippen LogP contribution in [0.25, 0.3) is 10.9 Å². The normalized spacial score (nSPS) is 15.8. The maximum Gasteiger partial charge on any atom is 0.410 e. The van der Waals surface area contributed by atoms with Gasteiger partial charge in [-0.1, -0.05) is 0 Å². The minimum atomic E-state index is -0.520. The third-order valence-electron chi connectivity index (χ3n) is 4.65. The van der Waals surface area contributed by atoms with Crippen LogP contribution in [0, 0.1) is 0 Å². The molecule has 0 saturated carbocycles. The van der Waals surface area contributed by atoms with Crippen molar-refractivity contribution in [1.82, 2.24) is 19.8 Å². The minimum absolute atomic E-state index is 0.0260. The molecule has 2 aromatic rings. The Morgan fingerprint density at radius 2 is 1.93 bits per heavy atom. The van der Waals surface area contributed by atoms with Gasteiger partial charge in [0.1, 0.15) is 11.1 Å². The van der Waals surface area contributed by atoms with E-state index in [2.05, 4.69) is 10.3 Å². The van der Waals surface area contributed by atoms with E-state index in [0.29, 0.717) is 42.4 Å². The highest BCUT2D eigenvalue weighted by Crippen LogP contribution is 2.18. The SMILES string of the molecule is Cn1ccc2c(C(=O)NC3CCN(C(=O)OC(C)(C)C)CC3)c[nH]c(=O)c21. The molecule has 1 aliphatic heterocycles. The molecule has 3 rings (SSSR count). The molecule has 0 atom stereocenters. The molecule has 8 nitrogen and oxygen atoms in total. The molecular weight excluding hydrogens is 348 g/mol. The second-order valence-corrected chi connectivity index (χ2v) is 7.94. The van der Waals surface area contributed by atoms with Crippen LogP contribution < -0.4 is 10.9 Å². The van der Waals surface area contributed by atoms with E-state index < -0.39 is 5.60 Å². The van der Waals surface area contributed by atoms with Crippen molar-refractivity contribution in [3.63, 3.8) is 0 Å². The number of hydrogen-bond donors (Lipinski definition) is 2. The molecular formula is C19H26N4O4. The second kappa shape index (κ2) is 7.09. The van der Waals surface area contributed by atoms with Crippen LogP contribution >= 0.6 is 0 Å². The van der Waals surface area contributed by atoms with Gasteiger partial charge >= 0.3 is 6.09 Å². The molecule has 1 aliphatic rings. The highest BCUT2D eigenvalue weighted by atomic mass is 16.6. The topological polar surface area (TPSA) is 96.4 Å². The Kier molecular flexibility index (Phi) is 4.99. The average Bonchev–Trinajstić information content (AvgIpc) is 2.97. The van der Waals surface area contributed by atoms with Crippen LogP contribution in [0.4, 0.5) is 4.79 Å². The molecule has 8 heteroatoms. The fourth-order valence-electron chi connectivity index (χ4n) is 3.30. The van der Waals surface area contributed by atoms with Crippen LogP contribution in [0.1, 0.15) is 44.0 Å². The molecule has 27 heavy (non-hydrogen) atoms. The molecule has 1 fully saturated rings. The molecule has 146 valence electrons. The van der Waals surface area contributed by atoms with Crippen molar-refractivity contribution in [2.24, 2.45) is 7.05 Å². The van der Waals surface area contributed by atoms with Gasteiger partial charge in [0, 0.05) is 44.0 Å². The van der Waals surface area contributed by atoms with Crippen LogP contribution in [0.5, 0.6) is 0 Å². The lowest BCUT2D eigenvalue weighted by Crippen LogP contribution is -2.47. The smallest absolute Gasteiger partial charge is 0.410 e. The number of nitrogens with one attached hydrogen (secondary N) is 2. The quantitative estimate of drug-likeness (QED) is 0.840. The predicted octanol–water partition coefficient (Wildman–Crippen LogP) is 2.00. The first-order valence-electron chi connectivity index (χ1n) is 9.11. The Labute approximate surface area is 157 Å². The highest BCUT2D eigenvalue weighted by Gasteiger charge is 2.28. The fourth-order valence-corrected chi connectivity index (χ4v) is 3.30. The van der Waals surface area contributed by atoms with Crippen molar-refractivity contribution >= 4 is 22.9 Å². The van der Waals surface area contributed by atoms with Crippen molar-refractivity contribution in [2.75, 3.05) is 13.1 Å². The Morgan fingerprint density at radius 1 is 1.26 bits per heavy atom. The number of aromatic nitrogens is 2. The highest BCUT2D eigenvalue weighted by molar-refractivity contribution is 6.06. The van der Waals surface area contributed by atoms with Crippen LogP contribution in [-0.2, 0) is 11.8 Å². The maximum absolute atomic E-state index is 12.7. The first kappa shape index (κ1) is 19.0. The number of H-pyrrole nitrogens is 1. The standard InChI is InChI=1S/C19H26N4O4/c1-19(2,3)27-18(26)23-9-5-12(6-10-23)21-16(24)14-11-20-17(25)15-13(14)7-8-22(15)4/h7-8,11-12H,5-6,9-10H2,1-4H3,(H,20,25)(H,21,24). The third kappa shape index (κ3) is 4.15. The van der Waals surface area contributed by atoms with Gasteiger partial charge in [0.05, 0.1) is 5.56 Å². The summed E-state index contributed by atoms with van der Waals surface area (Å²) in [5.74, 6) is -0.224. The molecule has 0 spiro atoms. The number of carbonyl (C=O) groups excluding carboxylic acids is 2. The van der Waals surface area contributed by atoms with Gasteiger partial charge in [-0.05, 0) is 39.7 Å². The molecule has 2 amide bonds. The maximum atomic E-state index is 12.7. The number of amides is 2. The number of nitrogens with zero attached hydrogens (tertiary/aromatic N) is 2. The van der Waals surface area contributed by atoms with E-state index in [0.717, 1.165) is 0 Å². The van der Waals surface area contributed by atoms with Crippen molar-refractivity contribution in [2.45, 2.75) is 45.3 Å². The van der Waals surface area contributed by atoms with Gasteiger partial charge in [-0.15, -0.1) is 0 Å². The lowest BCUT2D eigenvalue weighted by Gasteiger charge is -2.33. The molecule has 0 radical (unpaired) electrons. The fraction of sp³-hybridized carbons (Fsp3) is 0.526. The lowest BCUT2D eigenvalue weighted by molar-refractivity contribution is 0.0199. The van der Waals surface area contributed by atoms with Crippen LogP contribution in [-0.4, -0.2) is 51.2 Å². The summed E-state index contributed by atoms with van der Waals surface area (Å²) in [6.07, 6.45) is 4.21. The number of pyridine rings is 1. The van der Waals surface area contributed by atoms with Gasteiger partial charge in [-0.25, -0.2) is 4.79 Å². The van der Waals surface area contributed by atoms with Gasteiger partial charge in [-0.3, -0.25) is 9.59 Å². The second-order valence-electron chi connectivity index (χ2n) is 7.94. The summed E-state index contributed by atoms with van der Waals surface area (Å²) in [5.41, 5.74) is 0.176. The van der Waals surface area contributed by atoms with Gasteiger partial charge in [-0.2, -0.15) is 0 Å². The zero-order chi connectivity index (χ0) is 19.8. The van der Waals surface area contributed by atoms with Crippen LogP contribution in [0.15, 0.2) is 23.3 Å². The number of carbonyl (C=O) groups is 2. The summed E-state index contributed by atoms with van der Waals surface area (Å²) in [5, 5.41) is 3.64. The Bertz CT molecular complexity index is 914. The Morgan fingerprint density at radius 3 is 2.56 bits per heavy atom. The zero-order valence-electron chi connectivity index (χ0n) is 16.2. The molecule has 0 aliphatic carbocycles. The summed E-state index contributed by atoms with van der Waals surface area (Å²) >= 11 is 0. The average molecular weight is 374 g/mol. The lowest BCUT2D eigenvalue weighted by atomic mass is 10.0.